The zero-order chi connectivity index (χ0) is 17.5. The summed E-state index contributed by atoms with van der Waals surface area (Å²) in [6.45, 7) is 0.390. The Kier molecular flexibility index (Phi) is 5.72. The molecule has 1 aliphatic rings. The van der Waals surface area contributed by atoms with E-state index in [2.05, 4.69) is 20.6 Å². The molecule has 2 N–H and O–H groups in total. The number of rotatable bonds is 5. The summed E-state index contributed by atoms with van der Waals surface area (Å²) in [5, 5.41) is 5.82. The minimum atomic E-state index is -0.302. The molecule has 0 radical (unpaired) electrons. The third-order valence-corrected chi connectivity index (χ3v) is 4.36. The summed E-state index contributed by atoms with van der Waals surface area (Å²) in [5.41, 5.74) is 1.47. The van der Waals surface area contributed by atoms with Crippen molar-refractivity contribution in [3.05, 3.63) is 59.7 Å². The Hall–Kier alpha value is -2.76. The van der Waals surface area contributed by atoms with Crippen LogP contribution in [0.1, 0.15) is 58.6 Å². The monoisotopic (exact) mass is 338 g/mol. The molecule has 2 heterocycles. The number of hydrogen-bond donors (Lipinski definition) is 2. The Labute approximate surface area is 147 Å². The van der Waals surface area contributed by atoms with Gasteiger partial charge in [-0.15, -0.1) is 0 Å². The lowest BCUT2D eigenvalue weighted by atomic mass is 9.95. The number of aromatic nitrogens is 2. The van der Waals surface area contributed by atoms with Gasteiger partial charge >= 0.3 is 0 Å². The highest BCUT2D eigenvalue weighted by Gasteiger charge is 2.18. The van der Waals surface area contributed by atoms with Crippen molar-refractivity contribution in [2.45, 2.75) is 44.7 Å². The first-order valence-corrected chi connectivity index (χ1v) is 8.67. The molecule has 0 spiro atoms. The highest BCUT2D eigenvalue weighted by Crippen LogP contribution is 2.17. The van der Waals surface area contributed by atoms with Gasteiger partial charge in [-0.3, -0.25) is 14.6 Å². The van der Waals surface area contributed by atoms with Crippen LogP contribution in [0.15, 0.2) is 42.7 Å². The molecule has 0 bridgehead atoms. The maximum Gasteiger partial charge on any atom is 0.270 e. The lowest BCUT2D eigenvalue weighted by Gasteiger charge is -2.22. The second-order valence-corrected chi connectivity index (χ2v) is 6.25. The van der Waals surface area contributed by atoms with Crippen LogP contribution < -0.4 is 10.6 Å². The van der Waals surface area contributed by atoms with Crippen LogP contribution in [0, 0.1) is 0 Å². The van der Waals surface area contributed by atoms with Crippen LogP contribution in [-0.4, -0.2) is 27.8 Å². The summed E-state index contributed by atoms with van der Waals surface area (Å²) in [4.78, 5) is 32.8. The molecule has 25 heavy (non-hydrogen) atoms. The van der Waals surface area contributed by atoms with Crippen molar-refractivity contribution in [1.29, 1.82) is 0 Å². The van der Waals surface area contributed by atoms with Gasteiger partial charge in [0.05, 0.1) is 0 Å². The molecule has 6 heteroatoms. The first-order valence-electron chi connectivity index (χ1n) is 8.67. The Morgan fingerprint density at radius 1 is 0.960 bits per heavy atom. The van der Waals surface area contributed by atoms with Gasteiger partial charge in [0.2, 0.25) is 0 Å². The third-order valence-electron chi connectivity index (χ3n) is 4.36. The number of nitrogens with zero attached hydrogens (tertiary/aromatic N) is 2. The van der Waals surface area contributed by atoms with E-state index in [1.54, 1.807) is 30.6 Å². The number of carbonyl (C=O) groups is 2. The standard InChI is InChI=1S/C19H22N4O2/c24-18(21-13-14-9-11-20-12-10-14)16-7-4-8-17(23-16)19(25)22-15-5-2-1-3-6-15/h4,7-12,15H,1-3,5-6,13H2,(H,21,24)(H,22,25). The van der Waals surface area contributed by atoms with E-state index in [-0.39, 0.29) is 29.2 Å². The first-order chi connectivity index (χ1) is 12.2. The fourth-order valence-electron chi connectivity index (χ4n) is 2.97. The molecule has 1 saturated carbocycles. The van der Waals surface area contributed by atoms with Gasteiger partial charge < -0.3 is 10.6 Å². The number of carbonyl (C=O) groups excluding carboxylic acids is 2. The second-order valence-electron chi connectivity index (χ2n) is 6.25. The van der Waals surface area contributed by atoms with Crippen molar-refractivity contribution < 1.29 is 9.59 Å². The molecular formula is C19H22N4O2. The van der Waals surface area contributed by atoms with Crippen LogP contribution in [0.5, 0.6) is 0 Å². The molecule has 0 atom stereocenters. The molecule has 2 amide bonds. The Balaban J connectivity index is 1.60. The van der Waals surface area contributed by atoms with E-state index >= 15 is 0 Å². The topological polar surface area (TPSA) is 84.0 Å². The van der Waals surface area contributed by atoms with Gasteiger partial charge in [-0.1, -0.05) is 25.3 Å². The lowest BCUT2D eigenvalue weighted by Crippen LogP contribution is -2.36. The molecule has 1 aliphatic carbocycles. The van der Waals surface area contributed by atoms with Gasteiger partial charge in [0.1, 0.15) is 11.4 Å². The minimum Gasteiger partial charge on any atom is -0.348 e. The molecule has 3 rings (SSSR count). The molecule has 0 unspecified atom stereocenters. The van der Waals surface area contributed by atoms with E-state index in [1.165, 1.54) is 6.42 Å². The minimum absolute atomic E-state index is 0.212. The van der Waals surface area contributed by atoms with Gasteiger partial charge in [0.15, 0.2) is 0 Å². The van der Waals surface area contributed by atoms with Gasteiger partial charge in [0.25, 0.3) is 11.8 Å². The van der Waals surface area contributed by atoms with Crippen LogP contribution in [0.4, 0.5) is 0 Å². The fraction of sp³-hybridized carbons (Fsp3) is 0.368. The lowest BCUT2D eigenvalue weighted by molar-refractivity contribution is 0.0922. The van der Waals surface area contributed by atoms with Gasteiger partial charge in [0, 0.05) is 25.0 Å². The molecule has 2 aromatic rings. The van der Waals surface area contributed by atoms with Gasteiger partial charge in [-0.25, -0.2) is 4.98 Å². The van der Waals surface area contributed by atoms with E-state index in [0.717, 1.165) is 31.2 Å². The van der Waals surface area contributed by atoms with E-state index in [0.29, 0.717) is 6.54 Å². The van der Waals surface area contributed by atoms with E-state index in [1.807, 2.05) is 12.1 Å². The van der Waals surface area contributed by atoms with Gasteiger partial charge in [-0.2, -0.15) is 0 Å². The zero-order valence-electron chi connectivity index (χ0n) is 14.1. The summed E-state index contributed by atoms with van der Waals surface area (Å²) in [6, 6.07) is 8.82. The highest BCUT2D eigenvalue weighted by atomic mass is 16.2. The fourth-order valence-corrected chi connectivity index (χ4v) is 2.97. The summed E-state index contributed by atoms with van der Waals surface area (Å²) in [7, 11) is 0. The quantitative estimate of drug-likeness (QED) is 0.877. The van der Waals surface area contributed by atoms with E-state index in [9.17, 15) is 9.59 Å². The molecule has 6 nitrogen and oxygen atoms in total. The predicted molar refractivity (Wildman–Crippen MR) is 94.0 cm³/mol. The zero-order valence-corrected chi connectivity index (χ0v) is 14.1. The average Bonchev–Trinajstić information content (AvgIpc) is 2.68. The molecule has 130 valence electrons. The molecular weight excluding hydrogens is 316 g/mol. The van der Waals surface area contributed by atoms with Crippen LogP contribution >= 0.6 is 0 Å². The third kappa shape index (κ3) is 4.86. The highest BCUT2D eigenvalue weighted by molar-refractivity contribution is 5.96. The smallest absolute Gasteiger partial charge is 0.270 e. The van der Waals surface area contributed by atoms with Crippen LogP contribution in [0.2, 0.25) is 0 Å². The number of hydrogen-bond acceptors (Lipinski definition) is 4. The van der Waals surface area contributed by atoms with Crippen molar-refractivity contribution in [3.8, 4) is 0 Å². The maximum absolute atomic E-state index is 12.4. The number of nitrogens with one attached hydrogen (secondary N) is 2. The van der Waals surface area contributed by atoms with E-state index < -0.39 is 0 Å². The van der Waals surface area contributed by atoms with Crippen molar-refractivity contribution in [2.75, 3.05) is 0 Å². The summed E-state index contributed by atoms with van der Waals surface area (Å²) in [6.07, 6.45) is 8.91. The molecule has 0 aliphatic heterocycles. The number of pyridine rings is 2. The average molecular weight is 338 g/mol. The Morgan fingerprint density at radius 3 is 2.36 bits per heavy atom. The van der Waals surface area contributed by atoms with Gasteiger partial charge in [-0.05, 0) is 42.7 Å². The largest absolute Gasteiger partial charge is 0.348 e. The molecule has 0 saturated heterocycles. The second kappa shape index (κ2) is 8.37. The SMILES string of the molecule is O=C(NCc1ccncc1)c1cccc(C(=O)NC2CCCCC2)n1. The maximum atomic E-state index is 12.4. The first kappa shape index (κ1) is 17.1. The molecule has 1 fully saturated rings. The van der Waals surface area contributed by atoms with Crippen molar-refractivity contribution in [3.63, 3.8) is 0 Å². The van der Waals surface area contributed by atoms with Crippen LogP contribution in [0.3, 0.4) is 0 Å². The summed E-state index contributed by atoms with van der Waals surface area (Å²) < 4.78 is 0. The number of amides is 2. The van der Waals surface area contributed by atoms with Crippen molar-refractivity contribution in [1.82, 2.24) is 20.6 Å². The Bertz CT molecular complexity index is 727. The van der Waals surface area contributed by atoms with Crippen LogP contribution in [0.25, 0.3) is 0 Å². The summed E-state index contributed by atoms with van der Waals surface area (Å²) >= 11 is 0. The van der Waals surface area contributed by atoms with Crippen molar-refractivity contribution >= 4 is 11.8 Å². The Morgan fingerprint density at radius 2 is 1.64 bits per heavy atom. The van der Waals surface area contributed by atoms with Crippen LogP contribution in [-0.2, 0) is 6.54 Å². The molecule has 0 aromatic carbocycles. The van der Waals surface area contributed by atoms with E-state index in [4.69, 9.17) is 0 Å². The summed E-state index contributed by atoms with van der Waals surface area (Å²) in [5.74, 6) is -0.514. The molecule has 2 aromatic heterocycles. The van der Waals surface area contributed by atoms with Crippen molar-refractivity contribution in [2.24, 2.45) is 0 Å². The predicted octanol–water partition coefficient (Wildman–Crippen LogP) is 2.47. The normalized spacial score (nSPS) is 14.7.